The third kappa shape index (κ3) is 4.22. The SMILES string of the molecule is CC=C(C)CC(O)CC. The number of allylic oxidation sites excluding steroid dienone is 1. The molecule has 1 heteroatoms. The summed E-state index contributed by atoms with van der Waals surface area (Å²) < 4.78 is 0. The molecule has 0 saturated heterocycles. The molecule has 0 aromatic rings. The van der Waals surface area contributed by atoms with Crippen LogP contribution >= 0.6 is 0 Å². The summed E-state index contributed by atoms with van der Waals surface area (Å²) in [6.07, 6.45) is 3.58. The maximum absolute atomic E-state index is 9.12. The highest BCUT2D eigenvalue weighted by atomic mass is 16.3. The molecule has 1 nitrogen and oxygen atoms in total. The minimum absolute atomic E-state index is 0.138. The Morgan fingerprint density at radius 1 is 1.67 bits per heavy atom. The zero-order valence-electron chi connectivity index (χ0n) is 6.52. The molecule has 0 amide bonds. The van der Waals surface area contributed by atoms with Gasteiger partial charge in [-0.15, -0.1) is 0 Å². The summed E-state index contributed by atoms with van der Waals surface area (Å²) >= 11 is 0. The molecule has 54 valence electrons. The molecule has 1 unspecified atom stereocenters. The fraction of sp³-hybridized carbons (Fsp3) is 0.750. The van der Waals surface area contributed by atoms with Crippen LogP contribution in [0.5, 0.6) is 0 Å². The second-order valence-corrected chi connectivity index (χ2v) is 2.40. The molecule has 1 atom stereocenters. The van der Waals surface area contributed by atoms with E-state index in [4.69, 9.17) is 5.11 Å². The van der Waals surface area contributed by atoms with Gasteiger partial charge in [0.05, 0.1) is 6.10 Å². The van der Waals surface area contributed by atoms with Crippen molar-refractivity contribution < 1.29 is 5.11 Å². The Bertz CT molecular complexity index is 94.7. The minimum atomic E-state index is -0.138. The molecule has 0 rings (SSSR count). The molecular formula is C8H16O. The highest BCUT2D eigenvalue weighted by Gasteiger charge is 1.98. The molecule has 1 N–H and O–H groups in total. The van der Waals surface area contributed by atoms with Crippen molar-refractivity contribution in [2.45, 2.75) is 39.7 Å². The van der Waals surface area contributed by atoms with Gasteiger partial charge in [-0.25, -0.2) is 0 Å². The average Bonchev–Trinajstić information content (AvgIpc) is 1.87. The second kappa shape index (κ2) is 4.57. The van der Waals surface area contributed by atoms with Crippen molar-refractivity contribution in [2.24, 2.45) is 0 Å². The quantitative estimate of drug-likeness (QED) is 0.577. The molecule has 0 bridgehead atoms. The lowest BCUT2D eigenvalue weighted by atomic mass is 10.1. The summed E-state index contributed by atoms with van der Waals surface area (Å²) in [6, 6.07) is 0. The molecule has 9 heavy (non-hydrogen) atoms. The van der Waals surface area contributed by atoms with Crippen LogP contribution in [0.1, 0.15) is 33.6 Å². The van der Waals surface area contributed by atoms with Crippen molar-refractivity contribution in [2.75, 3.05) is 0 Å². The van der Waals surface area contributed by atoms with Crippen molar-refractivity contribution in [3.8, 4) is 0 Å². The van der Waals surface area contributed by atoms with Gasteiger partial charge in [0, 0.05) is 0 Å². The van der Waals surface area contributed by atoms with E-state index < -0.39 is 0 Å². The predicted molar refractivity (Wildman–Crippen MR) is 40.3 cm³/mol. The van der Waals surface area contributed by atoms with Crippen LogP contribution in [0.2, 0.25) is 0 Å². The zero-order valence-corrected chi connectivity index (χ0v) is 6.52. The lowest BCUT2D eigenvalue weighted by Crippen LogP contribution is -2.03. The van der Waals surface area contributed by atoms with E-state index in [1.54, 1.807) is 0 Å². The van der Waals surface area contributed by atoms with Crippen molar-refractivity contribution >= 4 is 0 Å². The smallest absolute Gasteiger partial charge is 0.0574 e. The Kier molecular flexibility index (Phi) is 4.41. The van der Waals surface area contributed by atoms with E-state index in [0.29, 0.717) is 0 Å². The van der Waals surface area contributed by atoms with Gasteiger partial charge in [-0.3, -0.25) is 0 Å². The number of hydrogen-bond acceptors (Lipinski definition) is 1. The number of rotatable bonds is 3. The summed E-state index contributed by atoms with van der Waals surface area (Å²) in [7, 11) is 0. The molecule has 0 spiro atoms. The number of aliphatic hydroxyl groups excluding tert-OH is 1. The molecule has 0 aliphatic rings. The van der Waals surface area contributed by atoms with E-state index in [0.717, 1.165) is 12.8 Å². The molecule has 0 aliphatic carbocycles. The maximum atomic E-state index is 9.12. The maximum Gasteiger partial charge on any atom is 0.0574 e. The monoisotopic (exact) mass is 128 g/mol. The first-order valence-corrected chi connectivity index (χ1v) is 3.50. The van der Waals surface area contributed by atoms with Gasteiger partial charge in [0.2, 0.25) is 0 Å². The van der Waals surface area contributed by atoms with Crippen LogP contribution in [-0.4, -0.2) is 11.2 Å². The highest BCUT2D eigenvalue weighted by Crippen LogP contribution is 2.05. The first kappa shape index (κ1) is 8.70. The van der Waals surface area contributed by atoms with Gasteiger partial charge < -0.3 is 5.11 Å². The first-order valence-electron chi connectivity index (χ1n) is 3.50. The van der Waals surface area contributed by atoms with E-state index in [2.05, 4.69) is 0 Å². The fourth-order valence-electron chi connectivity index (χ4n) is 0.634. The van der Waals surface area contributed by atoms with Crippen LogP contribution in [0.4, 0.5) is 0 Å². The van der Waals surface area contributed by atoms with Crippen molar-refractivity contribution in [3.05, 3.63) is 11.6 Å². The topological polar surface area (TPSA) is 20.2 Å². The Labute approximate surface area is 57.4 Å². The summed E-state index contributed by atoms with van der Waals surface area (Å²) in [6.45, 7) is 6.03. The van der Waals surface area contributed by atoms with Gasteiger partial charge >= 0.3 is 0 Å². The van der Waals surface area contributed by atoms with Crippen LogP contribution in [-0.2, 0) is 0 Å². The van der Waals surface area contributed by atoms with E-state index in [1.165, 1.54) is 5.57 Å². The predicted octanol–water partition coefficient (Wildman–Crippen LogP) is 2.11. The standard InChI is InChI=1S/C8H16O/c1-4-7(3)6-8(9)5-2/h4,8-9H,5-6H2,1-3H3. The molecular weight excluding hydrogens is 112 g/mol. The van der Waals surface area contributed by atoms with E-state index in [9.17, 15) is 0 Å². The Hall–Kier alpha value is -0.300. The van der Waals surface area contributed by atoms with Gasteiger partial charge in [-0.2, -0.15) is 0 Å². The van der Waals surface area contributed by atoms with Crippen molar-refractivity contribution in [1.29, 1.82) is 0 Å². The van der Waals surface area contributed by atoms with Crippen molar-refractivity contribution in [1.82, 2.24) is 0 Å². The van der Waals surface area contributed by atoms with E-state index in [-0.39, 0.29) is 6.10 Å². The normalized spacial score (nSPS) is 15.8. The largest absolute Gasteiger partial charge is 0.393 e. The zero-order chi connectivity index (χ0) is 7.28. The van der Waals surface area contributed by atoms with Crippen LogP contribution in [0.25, 0.3) is 0 Å². The number of hydrogen-bond donors (Lipinski definition) is 1. The molecule has 0 aromatic carbocycles. The third-order valence-corrected chi connectivity index (χ3v) is 1.52. The first-order chi connectivity index (χ1) is 4.20. The minimum Gasteiger partial charge on any atom is -0.393 e. The molecule has 0 heterocycles. The molecule has 0 aromatic heterocycles. The average molecular weight is 128 g/mol. The summed E-state index contributed by atoms with van der Waals surface area (Å²) in [5, 5.41) is 9.12. The Morgan fingerprint density at radius 3 is 2.56 bits per heavy atom. The van der Waals surface area contributed by atoms with Crippen molar-refractivity contribution in [3.63, 3.8) is 0 Å². The molecule has 0 radical (unpaired) electrons. The summed E-state index contributed by atoms with van der Waals surface area (Å²) in [4.78, 5) is 0. The van der Waals surface area contributed by atoms with Gasteiger partial charge in [0.1, 0.15) is 0 Å². The van der Waals surface area contributed by atoms with E-state index in [1.807, 2.05) is 26.8 Å². The van der Waals surface area contributed by atoms with Crippen LogP contribution in [0.3, 0.4) is 0 Å². The van der Waals surface area contributed by atoms with Crippen LogP contribution in [0.15, 0.2) is 11.6 Å². The second-order valence-electron chi connectivity index (χ2n) is 2.40. The summed E-state index contributed by atoms with van der Waals surface area (Å²) in [5.74, 6) is 0. The highest BCUT2D eigenvalue weighted by molar-refractivity contribution is 4.96. The molecule has 0 saturated carbocycles. The fourth-order valence-corrected chi connectivity index (χ4v) is 0.634. The lowest BCUT2D eigenvalue weighted by molar-refractivity contribution is 0.170. The van der Waals surface area contributed by atoms with Gasteiger partial charge in [0.25, 0.3) is 0 Å². The molecule has 0 aliphatic heterocycles. The van der Waals surface area contributed by atoms with Gasteiger partial charge in [-0.05, 0) is 26.7 Å². The Morgan fingerprint density at radius 2 is 2.22 bits per heavy atom. The van der Waals surface area contributed by atoms with Crippen LogP contribution in [0, 0.1) is 0 Å². The molecule has 0 fully saturated rings. The van der Waals surface area contributed by atoms with Crippen LogP contribution < -0.4 is 0 Å². The van der Waals surface area contributed by atoms with Gasteiger partial charge in [0.15, 0.2) is 0 Å². The van der Waals surface area contributed by atoms with E-state index >= 15 is 0 Å². The lowest BCUT2D eigenvalue weighted by Gasteiger charge is -2.05. The third-order valence-electron chi connectivity index (χ3n) is 1.52. The summed E-state index contributed by atoms with van der Waals surface area (Å²) in [5.41, 5.74) is 1.27. The van der Waals surface area contributed by atoms with Gasteiger partial charge in [-0.1, -0.05) is 18.6 Å². The number of aliphatic hydroxyl groups is 1. The Balaban J connectivity index is 3.47.